The molecule has 8 heteroatoms. The molecule has 13 fully saturated rings. The Morgan fingerprint density at radius 2 is 0.686 bits per heavy atom. The average Bonchev–Trinajstić information content (AvgIpc) is 3.42. The van der Waals surface area contributed by atoms with Crippen molar-refractivity contribution < 1.29 is 9.47 Å². The number of anilines is 4. The Morgan fingerprint density at radius 1 is 0.329 bits per heavy atom. The standard InChI is InChI=1S/C62H74N4O2P2/c1-5-21-39(22-6-1)63-45-31-17-33-49-57(45)69-59-47(35-37-19-13-15-29-43(37)51(59)63)65(41-25-9-3-10-26-41)53-56-62-54(55(67-49)61(53)69)66(42-27-11-4-12-28-42)48-36-38-20-14-16-30-44(38)52-60(48)70(62)58-46(32-18-34-50(58)68-56)64(52)40-23-7-2-8-24-40/h1-12,21-28,37-38,43-62H,13-20,29-36H2. The minimum absolute atomic E-state index is 0.234. The Labute approximate surface area is 420 Å². The third kappa shape index (κ3) is 5.73. The Kier molecular flexibility index (Phi) is 9.76. The number of fused-ring (bicyclic) bond motifs is 6. The van der Waals surface area contributed by atoms with Gasteiger partial charge in [-0.3, -0.25) is 0 Å². The van der Waals surface area contributed by atoms with E-state index in [1.54, 1.807) is 0 Å². The second kappa shape index (κ2) is 16.2. The summed E-state index contributed by atoms with van der Waals surface area (Å²) in [5.41, 5.74) is 9.63. The molecule has 7 aliphatic carbocycles. The first kappa shape index (κ1) is 42.2. The van der Waals surface area contributed by atoms with Crippen molar-refractivity contribution in [2.75, 3.05) is 19.6 Å². The van der Waals surface area contributed by atoms with Crippen molar-refractivity contribution >= 4 is 38.6 Å². The van der Waals surface area contributed by atoms with Gasteiger partial charge in [0.05, 0.1) is 36.5 Å². The molecule has 4 aromatic rings. The lowest BCUT2D eigenvalue weighted by molar-refractivity contribution is -0.131. The lowest BCUT2D eigenvalue weighted by atomic mass is 9.63. The molecule has 6 aliphatic heterocycles. The molecule has 6 nitrogen and oxygen atoms in total. The fourth-order valence-corrected chi connectivity index (χ4v) is 31.2. The lowest BCUT2D eigenvalue weighted by Crippen LogP contribution is -2.87. The molecule has 0 bridgehead atoms. The highest BCUT2D eigenvalue weighted by atomic mass is 31.1. The summed E-state index contributed by atoms with van der Waals surface area (Å²) in [7, 11) is -0.795. The van der Waals surface area contributed by atoms with E-state index in [0.29, 0.717) is 94.5 Å². The molecule has 24 unspecified atom stereocenters. The molecule has 6 saturated heterocycles. The van der Waals surface area contributed by atoms with E-state index in [9.17, 15) is 0 Å². The van der Waals surface area contributed by atoms with Crippen LogP contribution >= 0.6 is 15.8 Å². The Bertz CT molecular complexity index is 2400. The van der Waals surface area contributed by atoms with Gasteiger partial charge in [0.15, 0.2) is 0 Å². The van der Waals surface area contributed by atoms with Crippen LogP contribution in [0.3, 0.4) is 0 Å². The normalized spacial score (nSPS) is 48.6. The highest BCUT2D eigenvalue weighted by Crippen LogP contribution is 2.79. The van der Waals surface area contributed by atoms with Crippen molar-refractivity contribution in [3.8, 4) is 0 Å². The number of hydrogen-bond acceptors (Lipinski definition) is 6. The predicted molar refractivity (Wildman–Crippen MR) is 288 cm³/mol. The average molecular weight is 969 g/mol. The molecule has 17 rings (SSSR count). The second-order valence-corrected chi connectivity index (χ2v) is 30.4. The zero-order valence-electron chi connectivity index (χ0n) is 41.1. The topological polar surface area (TPSA) is 31.4 Å². The number of rotatable bonds is 4. The largest absolute Gasteiger partial charge is 0.371 e. The third-order valence-corrected chi connectivity index (χ3v) is 30.6. The van der Waals surface area contributed by atoms with Gasteiger partial charge in [-0.1, -0.05) is 127 Å². The zero-order chi connectivity index (χ0) is 45.3. The molecule has 0 radical (unpaired) electrons. The number of benzene rings is 4. The molecule has 7 saturated carbocycles. The SMILES string of the molecule is c1ccc(N2C3CC4CCCCC4C4C3P3C5C(CCCC5N4c4ccccc4)OC4C5C6C(OC7CCCC8C7P6C6C(CC7CCCCC7C6N8c6ccccc6)N5c5ccccc5)C2C43)cc1. The minimum Gasteiger partial charge on any atom is -0.371 e. The predicted octanol–water partition coefficient (Wildman–Crippen LogP) is 12.5. The van der Waals surface area contributed by atoms with E-state index in [2.05, 4.69) is 141 Å². The van der Waals surface area contributed by atoms with Crippen molar-refractivity contribution in [1.82, 2.24) is 0 Å². The number of nitrogens with zero attached hydrogens (tertiary/aromatic N) is 4. The molecule has 364 valence electrons. The molecule has 0 aromatic heterocycles. The number of para-hydroxylation sites is 4. The summed E-state index contributed by atoms with van der Waals surface area (Å²) in [6.07, 6.45) is 23.0. The first-order valence-corrected chi connectivity index (χ1v) is 32.1. The van der Waals surface area contributed by atoms with E-state index in [4.69, 9.17) is 9.47 Å². The van der Waals surface area contributed by atoms with Gasteiger partial charge in [0.25, 0.3) is 0 Å². The van der Waals surface area contributed by atoms with Gasteiger partial charge in [-0.15, -0.1) is 0 Å². The van der Waals surface area contributed by atoms with Crippen molar-refractivity contribution in [2.24, 2.45) is 23.7 Å². The summed E-state index contributed by atoms with van der Waals surface area (Å²) in [6, 6.07) is 52.4. The van der Waals surface area contributed by atoms with Crippen LogP contribution in [-0.4, -0.2) is 107 Å². The van der Waals surface area contributed by atoms with Crippen molar-refractivity contribution in [2.45, 2.75) is 209 Å². The van der Waals surface area contributed by atoms with E-state index in [1.807, 2.05) is 0 Å². The van der Waals surface area contributed by atoms with E-state index >= 15 is 0 Å². The minimum atomic E-state index is -0.398. The van der Waals surface area contributed by atoms with E-state index in [0.717, 1.165) is 23.7 Å². The molecular weight excluding hydrogens is 895 g/mol. The summed E-state index contributed by atoms with van der Waals surface area (Å²) < 4.78 is 17.0. The molecule has 24 atom stereocenters. The van der Waals surface area contributed by atoms with Crippen LogP contribution in [0.15, 0.2) is 121 Å². The maximum absolute atomic E-state index is 8.48. The highest BCUT2D eigenvalue weighted by molar-refractivity contribution is 7.61. The Hall–Kier alpha value is -3.14. The summed E-state index contributed by atoms with van der Waals surface area (Å²) >= 11 is 0. The maximum atomic E-state index is 8.48. The van der Waals surface area contributed by atoms with E-state index in [-0.39, 0.29) is 12.2 Å². The third-order valence-electron chi connectivity index (χ3n) is 22.6. The Balaban J connectivity index is 0.913. The molecule has 0 spiro atoms. The van der Waals surface area contributed by atoms with Crippen LogP contribution < -0.4 is 19.6 Å². The summed E-state index contributed by atoms with van der Waals surface area (Å²) in [5.74, 6) is 3.17. The quantitative estimate of drug-likeness (QED) is 0.190. The van der Waals surface area contributed by atoms with Crippen LogP contribution in [0, 0.1) is 23.7 Å². The first-order chi connectivity index (χ1) is 34.8. The van der Waals surface area contributed by atoms with Gasteiger partial charge in [0, 0.05) is 93.0 Å². The van der Waals surface area contributed by atoms with Crippen molar-refractivity contribution in [1.29, 1.82) is 0 Å². The number of hydrogen-bond donors (Lipinski definition) is 0. The maximum Gasteiger partial charge on any atom is 0.0877 e. The Morgan fingerprint density at radius 3 is 1.07 bits per heavy atom. The molecule has 6 heterocycles. The van der Waals surface area contributed by atoms with Gasteiger partial charge in [-0.05, 0) is 136 Å². The van der Waals surface area contributed by atoms with E-state index < -0.39 is 15.8 Å². The van der Waals surface area contributed by atoms with Gasteiger partial charge < -0.3 is 29.1 Å². The molecule has 13 aliphatic rings. The van der Waals surface area contributed by atoms with Crippen LogP contribution in [0.25, 0.3) is 0 Å². The molecule has 0 N–H and O–H groups in total. The van der Waals surface area contributed by atoms with Crippen LogP contribution in [0.4, 0.5) is 22.7 Å². The van der Waals surface area contributed by atoms with Crippen LogP contribution in [0.2, 0.25) is 0 Å². The van der Waals surface area contributed by atoms with Gasteiger partial charge in [-0.2, -0.15) is 0 Å². The molecular formula is C62H74N4O2P2. The highest BCUT2D eigenvalue weighted by Gasteiger charge is 2.78. The monoisotopic (exact) mass is 969 g/mol. The van der Waals surface area contributed by atoms with Gasteiger partial charge in [0.2, 0.25) is 0 Å². The molecule has 70 heavy (non-hydrogen) atoms. The first-order valence-electron chi connectivity index (χ1n) is 29.0. The zero-order valence-corrected chi connectivity index (χ0v) is 42.9. The van der Waals surface area contributed by atoms with Crippen molar-refractivity contribution in [3.63, 3.8) is 0 Å². The van der Waals surface area contributed by atoms with E-state index in [1.165, 1.54) is 125 Å². The van der Waals surface area contributed by atoms with Crippen molar-refractivity contribution in [3.05, 3.63) is 121 Å². The van der Waals surface area contributed by atoms with Crippen LogP contribution in [0.5, 0.6) is 0 Å². The molecule has 4 aromatic carbocycles. The summed E-state index contributed by atoms with van der Waals surface area (Å²) in [4.78, 5) is 12.7. The van der Waals surface area contributed by atoms with Gasteiger partial charge in [0.1, 0.15) is 0 Å². The molecule has 0 amide bonds. The van der Waals surface area contributed by atoms with Crippen LogP contribution in [-0.2, 0) is 9.47 Å². The fourth-order valence-electron chi connectivity index (χ4n) is 21.0. The fraction of sp³-hybridized carbons (Fsp3) is 0.613. The second-order valence-electron chi connectivity index (χ2n) is 25.1. The summed E-state index contributed by atoms with van der Waals surface area (Å²) in [6.45, 7) is 0. The van der Waals surface area contributed by atoms with Crippen LogP contribution in [0.1, 0.15) is 103 Å². The number of ether oxygens (including phenoxy) is 2. The van der Waals surface area contributed by atoms with Gasteiger partial charge >= 0.3 is 0 Å². The van der Waals surface area contributed by atoms with Gasteiger partial charge in [-0.25, -0.2) is 0 Å². The lowest BCUT2D eigenvalue weighted by Gasteiger charge is -2.79. The summed E-state index contributed by atoms with van der Waals surface area (Å²) in [5, 5.41) is 0. The smallest absolute Gasteiger partial charge is 0.0877 e.